The molecule has 0 radical (unpaired) electrons. The largest absolute Gasteiger partial charge is 0.459 e. The van der Waals surface area contributed by atoms with Crippen LogP contribution in [-0.2, 0) is 0 Å². The number of benzene rings is 1. The van der Waals surface area contributed by atoms with Crippen LogP contribution >= 0.6 is 0 Å². The topological polar surface area (TPSA) is 114 Å². The van der Waals surface area contributed by atoms with E-state index in [-0.39, 0.29) is 22.6 Å². The molecule has 2 aromatic rings. The lowest BCUT2D eigenvalue weighted by Crippen LogP contribution is -2.41. The van der Waals surface area contributed by atoms with Gasteiger partial charge in [0, 0.05) is 11.6 Å². The maximum Gasteiger partial charge on any atom is 0.305 e. The Hall–Kier alpha value is -3.16. The summed E-state index contributed by atoms with van der Waals surface area (Å²) in [6, 6.07) is 7.08. The molecule has 0 spiro atoms. The number of carbonyl (C=O) groups excluding carboxylic acids is 2. The first-order valence-corrected chi connectivity index (χ1v) is 5.89. The van der Waals surface area contributed by atoms with Gasteiger partial charge in [0.15, 0.2) is 5.76 Å². The summed E-state index contributed by atoms with van der Waals surface area (Å²) >= 11 is 0. The Morgan fingerprint density at radius 1 is 1.14 bits per heavy atom. The van der Waals surface area contributed by atoms with Crippen molar-refractivity contribution in [3.8, 4) is 0 Å². The normalized spacial score (nSPS) is 9.95. The molecular weight excluding hydrogens is 278 g/mol. The van der Waals surface area contributed by atoms with Crippen molar-refractivity contribution in [1.82, 2.24) is 10.9 Å². The Morgan fingerprint density at radius 3 is 2.48 bits per heavy atom. The number of furan rings is 1. The Balaban J connectivity index is 2.09. The number of nitro groups is 1. The summed E-state index contributed by atoms with van der Waals surface area (Å²) in [5, 5.41) is 10.8. The number of hydrazine groups is 1. The summed E-state index contributed by atoms with van der Waals surface area (Å²) in [4.78, 5) is 33.7. The van der Waals surface area contributed by atoms with E-state index < -0.39 is 16.7 Å². The fourth-order valence-corrected chi connectivity index (χ4v) is 1.72. The van der Waals surface area contributed by atoms with Gasteiger partial charge in [0.1, 0.15) is 0 Å². The van der Waals surface area contributed by atoms with Crippen molar-refractivity contribution in [2.24, 2.45) is 0 Å². The molecule has 2 rings (SSSR count). The molecule has 0 aliphatic carbocycles. The molecule has 2 amide bonds. The van der Waals surface area contributed by atoms with Crippen LogP contribution < -0.4 is 10.9 Å². The smallest absolute Gasteiger partial charge is 0.305 e. The van der Waals surface area contributed by atoms with Gasteiger partial charge in [-0.3, -0.25) is 30.6 Å². The minimum Gasteiger partial charge on any atom is -0.459 e. The van der Waals surface area contributed by atoms with Crippen LogP contribution in [-0.4, -0.2) is 16.7 Å². The molecule has 2 N–H and O–H groups in total. The highest BCUT2D eigenvalue weighted by atomic mass is 16.6. The first-order valence-electron chi connectivity index (χ1n) is 5.89. The second-order valence-electron chi connectivity index (χ2n) is 4.09. The van der Waals surface area contributed by atoms with Gasteiger partial charge in [-0.15, -0.1) is 0 Å². The van der Waals surface area contributed by atoms with Crippen molar-refractivity contribution in [3.63, 3.8) is 0 Å². The van der Waals surface area contributed by atoms with Crippen LogP contribution in [0.2, 0.25) is 0 Å². The average Bonchev–Trinajstić information content (AvgIpc) is 2.98. The molecule has 0 aliphatic rings. The molecule has 0 bridgehead atoms. The molecule has 1 heterocycles. The maximum atomic E-state index is 11.9. The lowest BCUT2D eigenvalue weighted by molar-refractivity contribution is -0.385. The van der Waals surface area contributed by atoms with E-state index >= 15 is 0 Å². The third-order valence-electron chi connectivity index (χ3n) is 2.78. The van der Waals surface area contributed by atoms with Crippen molar-refractivity contribution in [2.75, 3.05) is 0 Å². The monoisotopic (exact) mass is 289 g/mol. The van der Waals surface area contributed by atoms with Gasteiger partial charge in [-0.05, 0) is 25.1 Å². The second kappa shape index (κ2) is 5.87. The van der Waals surface area contributed by atoms with Crippen LogP contribution in [0.25, 0.3) is 0 Å². The summed E-state index contributed by atoms with van der Waals surface area (Å²) in [6.07, 6.45) is 1.32. The molecule has 108 valence electrons. The number of hydrogen-bond acceptors (Lipinski definition) is 5. The number of hydrogen-bond donors (Lipinski definition) is 2. The quantitative estimate of drug-likeness (QED) is 0.657. The minimum absolute atomic E-state index is 0.0334. The van der Waals surface area contributed by atoms with Crippen LogP contribution in [0.4, 0.5) is 5.69 Å². The van der Waals surface area contributed by atoms with Crippen LogP contribution in [0.15, 0.2) is 41.0 Å². The summed E-state index contributed by atoms with van der Waals surface area (Å²) in [6.45, 7) is 1.46. The number of amides is 2. The van der Waals surface area contributed by atoms with Crippen LogP contribution in [0.3, 0.4) is 0 Å². The summed E-state index contributed by atoms with van der Waals surface area (Å²) in [5.41, 5.74) is 4.48. The lowest BCUT2D eigenvalue weighted by atomic mass is 10.1. The SMILES string of the molecule is Cc1c(C(=O)NNC(=O)c2ccco2)cccc1[N+](=O)[O-]. The highest BCUT2D eigenvalue weighted by Gasteiger charge is 2.18. The minimum atomic E-state index is -0.656. The molecule has 0 saturated heterocycles. The van der Waals surface area contributed by atoms with Crippen molar-refractivity contribution in [2.45, 2.75) is 6.92 Å². The highest BCUT2D eigenvalue weighted by molar-refractivity contribution is 5.99. The number of nitro benzene ring substituents is 1. The molecule has 0 fully saturated rings. The molecule has 1 aromatic heterocycles. The predicted molar refractivity (Wildman–Crippen MR) is 71.5 cm³/mol. The van der Waals surface area contributed by atoms with Gasteiger partial charge in [0.2, 0.25) is 0 Å². The Kier molecular flexibility index (Phi) is 3.98. The van der Waals surface area contributed by atoms with E-state index in [1.54, 1.807) is 0 Å². The zero-order valence-corrected chi connectivity index (χ0v) is 11.0. The van der Waals surface area contributed by atoms with Gasteiger partial charge >= 0.3 is 5.91 Å². The van der Waals surface area contributed by atoms with E-state index in [0.717, 1.165) is 0 Å². The molecule has 21 heavy (non-hydrogen) atoms. The van der Waals surface area contributed by atoms with Gasteiger partial charge < -0.3 is 4.42 Å². The number of carbonyl (C=O) groups is 2. The third kappa shape index (κ3) is 3.06. The van der Waals surface area contributed by atoms with Gasteiger partial charge in [-0.2, -0.15) is 0 Å². The number of rotatable bonds is 3. The van der Waals surface area contributed by atoms with E-state index in [9.17, 15) is 19.7 Å². The number of nitrogens with one attached hydrogen (secondary N) is 2. The Bertz CT molecular complexity index is 694. The van der Waals surface area contributed by atoms with Crippen molar-refractivity contribution >= 4 is 17.5 Å². The summed E-state index contributed by atoms with van der Waals surface area (Å²) in [5.74, 6) is -1.25. The first kappa shape index (κ1) is 14.3. The standard InChI is InChI=1S/C13H11N3O5/c1-8-9(4-2-5-10(8)16(19)20)12(17)14-15-13(18)11-6-3-7-21-11/h2-7H,1H3,(H,14,17)(H,15,18). The fourth-order valence-electron chi connectivity index (χ4n) is 1.72. The Labute approximate surface area is 118 Å². The van der Waals surface area contributed by atoms with E-state index in [2.05, 4.69) is 10.9 Å². The van der Waals surface area contributed by atoms with Crippen molar-refractivity contribution < 1.29 is 18.9 Å². The zero-order chi connectivity index (χ0) is 15.4. The van der Waals surface area contributed by atoms with E-state index in [0.29, 0.717) is 0 Å². The molecular formula is C13H11N3O5. The molecule has 0 saturated carbocycles. The van der Waals surface area contributed by atoms with Gasteiger partial charge in [0.25, 0.3) is 11.6 Å². The molecule has 0 atom stereocenters. The second-order valence-corrected chi connectivity index (χ2v) is 4.09. The van der Waals surface area contributed by atoms with Crippen molar-refractivity contribution in [3.05, 3.63) is 63.6 Å². The van der Waals surface area contributed by atoms with Crippen molar-refractivity contribution in [1.29, 1.82) is 0 Å². The van der Waals surface area contributed by atoms with Crippen LogP contribution in [0, 0.1) is 17.0 Å². The predicted octanol–water partition coefficient (Wildman–Crippen LogP) is 1.57. The molecule has 1 aromatic carbocycles. The summed E-state index contributed by atoms with van der Waals surface area (Å²) < 4.78 is 4.85. The molecule has 8 heteroatoms. The number of nitrogens with zero attached hydrogens (tertiary/aromatic N) is 1. The molecule has 0 aliphatic heterocycles. The fraction of sp³-hybridized carbons (Fsp3) is 0.0769. The third-order valence-corrected chi connectivity index (χ3v) is 2.78. The van der Waals surface area contributed by atoms with Crippen LogP contribution in [0.1, 0.15) is 26.5 Å². The van der Waals surface area contributed by atoms with Gasteiger partial charge in [0.05, 0.1) is 16.7 Å². The summed E-state index contributed by atoms with van der Waals surface area (Å²) in [7, 11) is 0. The van der Waals surface area contributed by atoms with Crippen LogP contribution in [0.5, 0.6) is 0 Å². The molecule has 8 nitrogen and oxygen atoms in total. The van der Waals surface area contributed by atoms with E-state index in [4.69, 9.17) is 4.42 Å². The van der Waals surface area contributed by atoms with E-state index in [1.165, 1.54) is 43.5 Å². The average molecular weight is 289 g/mol. The molecule has 0 unspecified atom stereocenters. The van der Waals surface area contributed by atoms with Gasteiger partial charge in [-0.25, -0.2) is 0 Å². The van der Waals surface area contributed by atoms with Gasteiger partial charge in [-0.1, -0.05) is 6.07 Å². The zero-order valence-electron chi connectivity index (χ0n) is 11.0. The Morgan fingerprint density at radius 2 is 1.86 bits per heavy atom. The first-order chi connectivity index (χ1) is 10.0. The van der Waals surface area contributed by atoms with E-state index in [1.807, 2.05) is 0 Å². The lowest BCUT2D eigenvalue weighted by Gasteiger charge is -2.08. The maximum absolute atomic E-state index is 11.9. The highest BCUT2D eigenvalue weighted by Crippen LogP contribution is 2.20.